The van der Waals surface area contributed by atoms with E-state index in [0.717, 1.165) is 0 Å². The standard InChI is InChI=1S/C6H9BN4/c1-2-3(8)4(9)5(10)6(2)11-7/h2,6,8-11H,1H3. The van der Waals surface area contributed by atoms with Crippen molar-refractivity contribution in [2.45, 2.75) is 13.0 Å². The van der Waals surface area contributed by atoms with Crippen molar-refractivity contribution in [3.63, 3.8) is 0 Å². The maximum absolute atomic E-state index is 7.36. The normalized spacial score (nSPS) is 31.5. The van der Waals surface area contributed by atoms with Gasteiger partial charge in [0.25, 0.3) is 0 Å². The van der Waals surface area contributed by atoms with Crippen LogP contribution in [0.25, 0.3) is 0 Å². The third kappa shape index (κ3) is 1.01. The van der Waals surface area contributed by atoms with E-state index in [1.807, 2.05) is 0 Å². The fourth-order valence-corrected chi connectivity index (χ4v) is 1.17. The maximum atomic E-state index is 7.36. The van der Waals surface area contributed by atoms with E-state index in [9.17, 15) is 0 Å². The first-order chi connectivity index (χ1) is 5.09. The highest BCUT2D eigenvalue weighted by Crippen LogP contribution is 2.15. The minimum atomic E-state index is -0.352. The molecule has 2 unspecified atom stereocenters. The lowest BCUT2D eigenvalue weighted by Crippen LogP contribution is -2.36. The van der Waals surface area contributed by atoms with E-state index in [1.165, 1.54) is 0 Å². The molecule has 0 amide bonds. The first-order valence-corrected chi connectivity index (χ1v) is 3.32. The predicted octanol–water partition coefficient (Wildman–Crippen LogP) is -0.263. The molecule has 2 atom stereocenters. The summed E-state index contributed by atoms with van der Waals surface area (Å²) in [5.74, 6) is -0.153. The van der Waals surface area contributed by atoms with Gasteiger partial charge >= 0.3 is 0 Å². The van der Waals surface area contributed by atoms with Crippen LogP contribution in [0.1, 0.15) is 6.92 Å². The highest BCUT2D eigenvalue weighted by molar-refractivity contribution is 6.71. The van der Waals surface area contributed by atoms with Crippen LogP contribution in [0.15, 0.2) is 0 Å². The smallest absolute Gasteiger partial charge is 0.178 e. The second kappa shape index (κ2) is 2.58. The van der Waals surface area contributed by atoms with Gasteiger partial charge in [-0.15, -0.1) is 0 Å². The third-order valence-corrected chi connectivity index (χ3v) is 1.98. The van der Waals surface area contributed by atoms with Crippen molar-refractivity contribution in [1.82, 2.24) is 5.23 Å². The average molecular weight is 148 g/mol. The van der Waals surface area contributed by atoms with E-state index >= 15 is 0 Å². The third-order valence-electron chi connectivity index (χ3n) is 1.98. The zero-order valence-corrected chi connectivity index (χ0v) is 6.23. The van der Waals surface area contributed by atoms with Crippen molar-refractivity contribution in [2.24, 2.45) is 5.92 Å². The molecule has 1 aliphatic carbocycles. The Morgan fingerprint density at radius 3 is 2.00 bits per heavy atom. The Hall–Kier alpha value is -0.965. The van der Waals surface area contributed by atoms with Gasteiger partial charge in [0.2, 0.25) is 0 Å². The first kappa shape index (κ1) is 8.13. The van der Waals surface area contributed by atoms with Crippen molar-refractivity contribution >= 4 is 25.1 Å². The van der Waals surface area contributed by atoms with Gasteiger partial charge in [-0.25, -0.2) is 0 Å². The summed E-state index contributed by atoms with van der Waals surface area (Å²) < 4.78 is 0. The van der Waals surface area contributed by atoms with Crippen LogP contribution in [0.3, 0.4) is 0 Å². The van der Waals surface area contributed by atoms with E-state index in [-0.39, 0.29) is 29.1 Å². The Morgan fingerprint density at radius 1 is 1.27 bits per heavy atom. The molecule has 0 aromatic rings. The van der Waals surface area contributed by atoms with Gasteiger partial charge in [-0.05, 0) is 0 Å². The van der Waals surface area contributed by atoms with Crippen molar-refractivity contribution in [2.75, 3.05) is 0 Å². The summed E-state index contributed by atoms with van der Waals surface area (Å²) in [5, 5.41) is 24.4. The van der Waals surface area contributed by atoms with Gasteiger partial charge in [0.15, 0.2) is 7.98 Å². The van der Waals surface area contributed by atoms with Crippen LogP contribution in [0.4, 0.5) is 0 Å². The lowest BCUT2D eigenvalue weighted by molar-refractivity contribution is 0.670. The van der Waals surface area contributed by atoms with Crippen LogP contribution in [0.2, 0.25) is 0 Å². The zero-order valence-electron chi connectivity index (χ0n) is 6.23. The van der Waals surface area contributed by atoms with Crippen LogP contribution in [-0.4, -0.2) is 31.2 Å². The molecule has 1 aliphatic rings. The summed E-state index contributed by atoms with van der Waals surface area (Å²) in [6.07, 6.45) is 0. The first-order valence-electron chi connectivity index (χ1n) is 3.32. The molecule has 0 aromatic heterocycles. The number of hydrogen-bond donors (Lipinski definition) is 4. The van der Waals surface area contributed by atoms with Gasteiger partial charge in [-0.3, -0.25) is 5.41 Å². The molecule has 0 bridgehead atoms. The summed E-state index contributed by atoms with van der Waals surface area (Å²) >= 11 is 0. The van der Waals surface area contributed by atoms with E-state index < -0.39 is 0 Å². The van der Waals surface area contributed by atoms with Gasteiger partial charge in [0.05, 0.1) is 17.1 Å². The van der Waals surface area contributed by atoms with Gasteiger partial charge in [-0.1, -0.05) is 6.92 Å². The molecule has 0 aromatic carbocycles. The predicted molar refractivity (Wildman–Crippen MR) is 45.0 cm³/mol. The molecule has 0 saturated heterocycles. The number of hydrogen-bond acceptors (Lipinski definition) is 4. The van der Waals surface area contributed by atoms with Crippen molar-refractivity contribution in [3.8, 4) is 0 Å². The Bertz CT molecular complexity index is 235. The monoisotopic (exact) mass is 148 g/mol. The molecule has 1 fully saturated rings. The van der Waals surface area contributed by atoms with Crippen LogP contribution >= 0.6 is 0 Å². The Labute approximate surface area is 66.3 Å². The second-order valence-corrected chi connectivity index (χ2v) is 2.64. The molecule has 56 valence electrons. The summed E-state index contributed by atoms with van der Waals surface area (Å²) in [7, 11) is 5.15. The van der Waals surface area contributed by atoms with E-state index in [4.69, 9.17) is 24.2 Å². The van der Waals surface area contributed by atoms with Crippen LogP contribution in [0.5, 0.6) is 0 Å². The lowest BCUT2D eigenvalue weighted by atomic mass is 10.0. The molecule has 11 heavy (non-hydrogen) atoms. The minimum absolute atomic E-state index is 0.000417. The second-order valence-electron chi connectivity index (χ2n) is 2.64. The largest absolute Gasteiger partial charge is 0.358 e. The molecule has 0 spiro atoms. The molecule has 1 rings (SSSR count). The van der Waals surface area contributed by atoms with Gasteiger partial charge in [0.1, 0.15) is 0 Å². The average Bonchev–Trinajstić information content (AvgIpc) is 2.17. The summed E-state index contributed by atoms with van der Waals surface area (Å²) in [6.45, 7) is 1.78. The Kier molecular flexibility index (Phi) is 1.91. The zero-order chi connectivity index (χ0) is 8.59. The number of rotatable bonds is 1. The summed E-state index contributed by atoms with van der Waals surface area (Å²) in [4.78, 5) is 0. The minimum Gasteiger partial charge on any atom is -0.358 e. The highest BCUT2D eigenvalue weighted by atomic mass is 14.9. The maximum Gasteiger partial charge on any atom is 0.178 e. The highest BCUT2D eigenvalue weighted by Gasteiger charge is 2.36. The Balaban J connectivity index is 2.95. The van der Waals surface area contributed by atoms with Crippen LogP contribution in [-0.2, 0) is 0 Å². The molecule has 0 aliphatic heterocycles. The molecule has 1 saturated carbocycles. The van der Waals surface area contributed by atoms with Crippen LogP contribution in [0, 0.1) is 22.1 Å². The fraction of sp³-hybridized carbons (Fsp3) is 0.500. The van der Waals surface area contributed by atoms with Gasteiger partial charge < -0.3 is 16.0 Å². The van der Waals surface area contributed by atoms with Gasteiger partial charge in [-0.2, -0.15) is 0 Å². The number of nitrogens with one attached hydrogen (secondary N) is 4. The molecular formula is C6H9BN4. The molecule has 0 heterocycles. The van der Waals surface area contributed by atoms with E-state index in [0.29, 0.717) is 0 Å². The van der Waals surface area contributed by atoms with Crippen molar-refractivity contribution in [1.29, 1.82) is 16.2 Å². The molecule has 4 nitrogen and oxygen atoms in total. The van der Waals surface area contributed by atoms with E-state index in [1.54, 1.807) is 6.92 Å². The summed E-state index contributed by atoms with van der Waals surface area (Å²) in [6, 6.07) is -0.352. The lowest BCUT2D eigenvalue weighted by Gasteiger charge is -2.12. The molecular weight excluding hydrogens is 139 g/mol. The fourth-order valence-electron chi connectivity index (χ4n) is 1.17. The molecule has 4 N–H and O–H groups in total. The summed E-state index contributed by atoms with van der Waals surface area (Å²) in [5.41, 5.74) is 0.309. The topological polar surface area (TPSA) is 83.6 Å². The van der Waals surface area contributed by atoms with Crippen LogP contribution < -0.4 is 5.23 Å². The van der Waals surface area contributed by atoms with E-state index in [2.05, 4.69) is 5.23 Å². The van der Waals surface area contributed by atoms with Crippen molar-refractivity contribution < 1.29 is 0 Å². The van der Waals surface area contributed by atoms with Gasteiger partial charge in [0, 0.05) is 12.0 Å². The Morgan fingerprint density at radius 2 is 1.82 bits per heavy atom. The quantitative estimate of drug-likeness (QED) is 0.379. The van der Waals surface area contributed by atoms with Crippen molar-refractivity contribution in [3.05, 3.63) is 0 Å². The molecule has 5 heteroatoms. The molecule has 2 radical (unpaired) electrons. The SMILES string of the molecule is [B]NC1C(=N)C(=N)C(=N)C1C.